The molecule has 4 nitrogen and oxygen atoms in total. The highest BCUT2D eigenvalue weighted by Crippen LogP contribution is 2.26. The van der Waals surface area contributed by atoms with Crippen LogP contribution in [0.25, 0.3) is 0 Å². The van der Waals surface area contributed by atoms with Crippen molar-refractivity contribution in [3.8, 4) is 0 Å². The second kappa shape index (κ2) is 6.52. The first-order chi connectivity index (χ1) is 9.18. The van der Waals surface area contributed by atoms with Gasteiger partial charge in [0.2, 0.25) is 10.0 Å². The molecule has 0 fully saturated rings. The van der Waals surface area contributed by atoms with Crippen LogP contribution in [0.3, 0.4) is 0 Å². The molecule has 112 valence electrons. The molecule has 0 atom stereocenters. The number of nitrogens with one attached hydrogen (secondary N) is 1. The molecule has 0 aromatic heterocycles. The second-order valence-corrected chi connectivity index (χ2v) is 7.52. The van der Waals surface area contributed by atoms with Gasteiger partial charge in [-0.3, -0.25) is 0 Å². The van der Waals surface area contributed by atoms with Gasteiger partial charge in [0.15, 0.2) is 0 Å². The van der Waals surface area contributed by atoms with Crippen LogP contribution >= 0.6 is 0 Å². The van der Waals surface area contributed by atoms with Crippen LogP contribution in [-0.2, 0) is 15.4 Å². The third-order valence-electron chi connectivity index (χ3n) is 3.04. The second-order valence-electron chi connectivity index (χ2n) is 5.79. The molecule has 0 saturated heterocycles. The van der Waals surface area contributed by atoms with Crippen molar-refractivity contribution >= 4 is 10.0 Å². The molecule has 0 saturated carbocycles. The summed E-state index contributed by atoms with van der Waals surface area (Å²) in [6, 6.07) is 5.58. The summed E-state index contributed by atoms with van der Waals surface area (Å²) < 4.78 is 27.2. The quantitative estimate of drug-likeness (QED) is 0.817. The Kier molecular flexibility index (Phi) is 5.50. The smallest absolute Gasteiger partial charge is 0.241 e. The van der Waals surface area contributed by atoms with E-state index in [1.807, 2.05) is 12.1 Å². The summed E-state index contributed by atoms with van der Waals surface area (Å²) in [5, 5.41) is 0. The number of sulfonamides is 1. The monoisotopic (exact) mass is 296 g/mol. The third kappa shape index (κ3) is 4.44. The summed E-state index contributed by atoms with van der Waals surface area (Å²) in [5.74, 6) is 0. The zero-order chi connectivity index (χ0) is 15.4. The first-order valence-corrected chi connectivity index (χ1v) is 8.12. The van der Waals surface area contributed by atoms with Crippen LogP contribution in [0.5, 0.6) is 0 Å². The average molecular weight is 296 g/mol. The van der Waals surface area contributed by atoms with E-state index in [1.165, 1.54) is 0 Å². The highest BCUT2D eigenvalue weighted by atomic mass is 32.2. The SMILES string of the molecule is Cc1ccc(C(C)(C)C)cc1S(=O)(=O)NC/C=C/CN. The molecule has 0 heterocycles. The topological polar surface area (TPSA) is 72.2 Å². The fraction of sp³-hybridized carbons (Fsp3) is 0.467. The van der Waals surface area contributed by atoms with Crippen molar-refractivity contribution < 1.29 is 8.42 Å². The number of benzene rings is 1. The van der Waals surface area contributed by atoms with Crippen LogP contribution < -0.4 is 10.5 Å². The first kappa shape index (κ1) is 16.9. The maximum Gasteiger partial charge on any atom is 0.241 e. The predicted octanol–water partition coefficient (Wildman–Crippen LogP) is 2.09. The molecule has 3 N–H and O–H groups in total. The minimum absolute atomic E-state index is 0.0859. The zero-order valence-corrected chi connectivity index (χ0v) is 13.4. The number of hydrogen-bond acceptors (Lipinski definition) is 3. The maximum absolute atomic E-state index is 12.3. The Morgan fingerprint density at radius 2 is 1.90 bits per heavy atom. The van der Waals surface area contributed by atoms with Crippen LogP contribution in [0.1, 0.15) is 31.9 Å². The van der Waals surface area contributed by atoms with Crippen LogP contribution in [0.15, 0.2) is 35.2 Å². The van der Waals surface area contributed by atoms with E-state index < -0.39 is 10.0 Å². The number of hydrogen-bond donors (Lipinski definition) is 2. The van der Waals surface area contributed by atoms with E-state index in [1.54, 1.807) is 25.1 Å². The molecular weight excluding hydrogens is 272 g/mol. The van der Waals surface area contributed by atoms with Crippen molar-refractivity contribution in [2.45, 2.75) is 38.0 Å². The largest absolute Gasteiger partial charge is 0.327 e. The molecule has 1 aromatic rings. The average Bonchev–Trinajstić information content (AvgIpc) is 2.33. The molecule has 1 aromatic carbocycles. The molecule has 0 unspecified atom stereocenters. The summed E-state index contributed by atoms with van der Waals surface area (Å²) >= 11 is 0. The molecule has 0 aliphatic rings. The summed E-state index contributed by atoms with van der Waals surface area (Å²) in [6.07, 6.45) is 3.43. The summed E-state index contributed by atoms with van der Waals surface area (Å²) in [7, 11) is -3.50. The van der Waals surface area contributed by atoms with E-state index in [0.717, 1.165) is 11.1 Å². The van der Waals surface area contributed by atoms with Gasteiger partial charge in [-0.05, 0) is 29.5 Å². The maximum atomic E-state index is 12.3. The summed E-state index contributed by atoms with van der Waals surface area (Å²) in [6.45, 7) is 8.64. The Morgan fingerprint density at radius 1 is 1.25 bits per heavy atom. The van der Waals surface area contributed by atoms with Crippen LogP contribution in [0.2, 0.25) is 0 Å². The molecule has 20 heavy (non-hydrogen) atoms. The predicted molar refractivity (Wildman–Crippen MR) is 83.3 cm³/mol. The van der Waals surface area contributed by atoms with Crippen molar-refractivity contribution in [3.05, 3.63) is 41.5 Å². The molecule has 0 spiro atoms. The van der Waals surface area contributed by atoms with Crippen molar-refractivity contribution in [1.82, 2.24) is 4.72 Å². The van der Waals surface area contributed by atoms with Gasteiger partial charge in [-0.1, -0.05) is 45.1 Å². The van der Waals surface area contributed by atoms with Gasteiger partial charge >= 0.3 is 0 Å². The van der Waals surface area contributed by atoms with Crippen LogP contribution in [0, 0.1) is 6.92 Å². The Morgan fingerprint density at radius 3 is 2.45 bits per heavy atom. The van der Waals surface area contributed by atoms with Gasteiger partial charge in [-0.15, -0.1) is 0 Å². The van der Waals surface area contributed by atoms with E-state index in [0.29, 0.717) is 11.4 Å². The van der Waals surface area contributed by atoms with Crippen LogP contribution in [0.4, 0.5) is 0 Å². The fourth-order valence-electron chi connectivity index (χ4n) is 1.77. The molecule has 0 amide bonds. The zero-order valence-electron chi connectivity index (χ0n) is 12.6. The number of nitrogens with two attached hydrogens (primary N) is 1. The van der Waals surface area contributed by atoms with Crippen molar-refractivity contribution in [2.75, 3.05) is 13.1 Å². The van der Waals surface area contributed by atoms with Gasteiger partial charge in [-0.25, -0.2) is 13.1 Å². The number of rotatable bonds is 5. The van der Waals surface area contributed by atoms with Gasteiger partial charge in [0.05, 0.1) is 4.90 Å². The molecule has 0 bridgehead atoms. The van der Waals surface area contributed by atoms with E-state index in [4.69, 9.17) is 5.73 Å². The fourth-order valence-corrected chi connectivity index (χ4v) is 3.02. The summed E-state index contributed by atoms with van der Waals surface area (Å²) in [5.41, 5.74) is 6.98. The highest BCUT2D eigenvalue weighted by molar-refractivity contribution is 7.89. The minimum atomic E-state index is -3.50. The lowest BCUT2D eigenvalue weighted by molar-refractivity contribution is 0.578. The van der Waals surface area contributed by atoms with Crippen LogP contribution in [-0.4, -0.2) is 21.5 Å². The third-order valence-corrected chi connectivity index (χ3v) is 4.60. The lowest BCUT2D eigenvalue weighted by Gasteiger charge is -2.20. The molecule has 1 rings (SSSR count). The van der Waals surface area contributed by atoms with Gasteiger partial charge in [-0.2, -0.15) is 0 Å². The van der Waals surface area contributed by atoms with E-state index in [2.05, 4.69) is 25.5 Å². The van der Waals surface area contributed by atoms with Gasteiger partial charge < -0.3 is 5.73 Å². The van der Waals surface area contributed by atoms with Gasteiger partial charge in [0, 0.05) is 13.1 Å². The van der Waals surface area contributed by atoms with E-state index >= 15 is 0 Å². The Bertz CT molecular complexity index is 584. The normalized spacial score (nSPS) is 13.1. The summed E-state index contributed by atoms with van der Waals surface area (Å²) in [4.78, 5) is 0.339. The Balaban J connectivity index is 3.08. The first-order valence-electron chi connectivity index (χ1n) is 6.64. The molecule has 0 radical (unpaired) electrons. The van der Waals surface area contributed by atoms with Crippen molar-refractivity contribution in [2.24, 2.45) is 5.73 Å². The lowest BCUT2D eigenvalue weighted by atomic mass is 9.87. The lowest BCUT2D eigenvalue weighted by Crippen LogP contribution is -2.25. The Labute approximate surface area is 122 Å². The minimum Gasteiger partial charge on any atom is -0.327 e. The Hall–Kier alpha value is -1.17. The highest BCUT2D eigenvalue weighted by Gasteiger charge is 2.20. The molecule has 0 aliphatic carbocycles. The number of aryl methyl sites for hydroxylation is 1. The van der Waals surface area contributed by atoms with E-state index in [9.17, 15) is 8.42 Å². The molecule has 5 heteroatoms. The molecular formula is C15H24N2O2S. The van der Waals surface area contributed by atoms with Crippen molar-refractivity contribution in [3.63, 3.8) is 0 Å². The molecule has 0 aliphatic heterocycles. The van der Waals surface area contributed by atoms with E-state index in [-0.39, 0.29) is 12.0 Å². The van der Waals surface area contributed by atoms with Crippen molar-refractivity contribution in [1.29, 1.82) is 0 Å². The standard InChI is InChI=1S/C15H24N2O2S/c1-12-7-8-13(15(2,3)4)11-14(12)20(18,19)17-10-6-5-9-16/h5-8,11,17H,9-10,16H2,1-4H3/b6-5+. The van der Waals surface area contributed by atoms with Gasteiger partial charge in [0.25, 0.3) is 0 Å². The van der Waals surface area contributed by atoms with Gasteiger partial charge in [0.1, 0.15) is 0 Å².